The van der Waals surface area contributed by atoms with E-state index >= 15 is 0 Å². The van der Waals surface area contributed by atoms with Crippen LogP contribution in [0.4, 0.5) is 5.69 Å². The zero-order chi connectivity index (χ0) is 16.8. The molecule has 120 valence electrons. The maximum Gasteiger partial charge on any atom is 0.338 e. The highest BCUT2D eigenvalue weighted by atomic mass is 16.5. The minimum absolute atomic E-state index is 0.335. The molecule has 2 aromatic carbocycles. The molecule has 0 aliphatic carbocycles. The van der Waals surface area contributed by atoms with Gasteiger partial charge in [-0.3, -0.25) is 4.79 Å². The van der Waals surface area contributed by atoms with Gasteiger partial charge < -0.3 is 14.8 Å². The van der Waals surface area contributed by atoms with E-state index in [1.54, 1.807) is 31.4 Å². The Balaban J connectivity index is 1.90. The summed E-state index contributed by atoms with van der Waals surface area (Å²) in [4.78, 5) is 23.8. The third-order valence-corrected chi connectivity index (χ3v) is 3.54. The van der Waals surface area contributed by atoms with Gasteiger partial charge >= 0.3 is 5.97 Å². The van der Waals surface area contributed by atoms with Gasteiger partial charge in [-0.05, 0) is 55.3 Å². The van der Waals surface area contributed by atoms with Crippen LogP contribution in [0.5, 0.6) is 5.75 Å². The Bertz CT molecular complexity index is 707. The van der Waals surface area contributed by atoms with E-state index in [1.165, 1.54) is 0 Å². The minimum Gasteiger partial charge on any atom is -0.497 e. The predicted molar refractivity (Wildman–Crippen MR) is 87.8 cm³/mol. The van der Waals surface area contributed by atoms with Crippen molar-refractivity contribution in [3.8, 4) is 5.75 Å². The summed E-state index contributed by atoms with van der Waals surface area (Å²) in [5, 5.41) is 2.74. The van der Waals surface area contributed by atoms with Gasteiger partial charge in [-0.15, -0.1) is 0 Å². The van der Waals surface area contributed by atoms with Crippen LogP contribution in [0.25, 0.3) is 0 Å². The molecular formula is C18H19NO4. The van der Waals surface area contributed by atoms with Crippen LogP contribution in [-0.2, 0) is 9.53 Å². The molecule has 0 saturated carbocycles. The molecule has 0 aromatic heterocycles. The molecule has 0 saturated heterocycles. The van der Waals surface area contributed by atoms with Crippen LogP contribution in [0.2, 0.25) is 0 Å². The fourth-order valence-corrected chi connectivity index (χ4v) is 2.01. The third kappa shape index (κ3) is 4.32. The van der Waals surface area contributed by atoms with Gasteiger partial charge in [-0.1, -0.05) is 12.1 Å². The summed E-state index contributed by atoms with van der Waals surface area (Å²) >= 11 is 0. The van der Waals surface area contributed by atoms with Crippen LogP contribution in [0.1, 0.15) is 21.5 Å². The maximum atomic E-state index is 11.9. The fourth-order valence-electron chi connectivity index (χ4n) is 2.01. The number of anilines is 1. The van der Waals surface area contributed by atoms with Gasteiger partial charge in [0, 0.05) is 5.69 Å². The molecule has 0 aliphatic rings. The van der Waals surface area contributed by atoms with Crippen molar-refractivity contribution in [1.29, 1.82) is 0 Å². The second kappa shape index (κ2) is 7.45. The van der Waals surface area contributed by atoms with Crippen LogP contribution in [0.15, 0.2) is 42.5 Å². The Hall–Kier alpha value is -2.82. The van der Waals surface area contributed by atoms with Gasteiger partial charge in [0.15, 0.2) is 6.61 Å². The molecule has 0 radical (unpaired) electrons. The summed E-state index contributed by atoms with van der Waals surface area (Å²) in [5.74, 6) is -0.279. The average molecular weight is 313 g/mol. The first-order chi connectivity index (χ1) is 11.0. The van der Waals surface area contributed by atoms with Gasteiger partial charge in [0.25, 0.3) is 5.91 Å². The number of ether oxygens (including phenoxy) is 2. The largest absolute Gasteiger partial charge is 0.497 e. The average Bonchev–Trinajstić information content (AvgIpc) is 2.57. The van der Waals surface area contributed by atoms with Crippen LogP contribution < -0.4 is 10.1 Å². The van der Waals surface area contributed by atoms with Crippen molar-refractivity contribution in [2.24, 2.45) is 0 Å². The summed E-state index contributed by atoms with van der Waals surface area (Å²) in [6.45, 7) is 3.56. The Kier molecular flexibility index (Phi) is 5.36. The topological polar surface area (TPSA) is 64.6 Å². The molecule has 0 aliphatic heterocycles. The predicted octanol–water partition coefficient (Wildman–Crippen LogP) is 3.11. The molecule has 2 aromatic rings. The molecule has 2 rings (SSSR count). The number of carbonyl (C=O) groups excluding carboxylic acids is 2. The van der Waals surface area contributed by atoms with E-state index in [0.717, 1.165) is 16.8 Å². The second-order valence-electron chi connectivity index (χ2n) is 5.10. The van der Waals surface area contributed by atoms with E-state index in [0.29, 0.717) is 11.3 Å². The molecule has 0 spiro atoms. The van der Waals surface area contributed by atoms with Crippen molar-refractivity contribution < 1.29 is 19.1 Å². The third-order valence-electron chi connectivity index (χ3n) is 3.54. The summed E-state index contributed by atoms with van der Waals surface area (Å²) in [7, 11) is 1.55. The van der Waals surface area contributed by atoms with Crippen LogP contribution in [0.3, 0.4) is 0 Å². The second-order valence-corrected chi connectivity index (χ2v) is 5.10. The van der Waals surface area contributed by atoms with Gasteiger partial charge in [0.1, 0.15) is 5.75 Å². The standard InChI is InChI=1S/C18H19NO4/c1-12-5-4-6-16(13(12)2)19-17(20)11-23-18(21)14-7-9-15(22-3)10-8-14/h4-10H,11H2,1-3H3,(H,19,20). The number of methoxy groups -OCH3 is 1. The molecule has 0 unspecified atom stereocenters. The van der Waals surface area contributed by atoms with Crippen molar-refractivity contribution in [2.45, 2.75) is 13.8 Å². The van der Waals surface area contributed by atoms with Crippen LogP contribution in [0, 0.1) is 13.8 Å². The lowest BCUT2D eigenvalue weighted by Gasteiger charge is -2.10. The van der Waals surface area contributed by atoms with Gasteiger partial charge in [0.2, 0.25) is 0 Å². The first kappa shape index (κ1) is 16.5. The number of amides is 1. The molecule has 0 atom stereocenters. The highest BCUT2D eigenvalue weighted by molar-refractivity contribution is 5.96. The van der Waals surface area contributed by atoms with E-state index in [1.807, 2.05) is 32.0 Å². The number of carbonyl (C=O) groups is 2. The summed E-state index contributed by atoms with van der Waals surface area (Å²) < 4.78 is 10.0. The quantitative estimate of drug-likeness (QED) is 0.861. The van der Waals surface area contributed by atoms with E-state index in [9.17, 15) is 9.59 Å². The monoisotopic (exact) mass is 313 g/mol. The van der Waals surface area contributed by atoms with Gasteiger partial charge in [-0.2, -0.15) is 0 Å². The first-order valence-corrected chi connectivity index (χ1v) is 7.18. The van der Waals surface area contributed by atoms with E-state index < -0.39 is 5.97 Å². The summed E-state index contributed by atoms with van der Waals surface area (Å²) in [5.41, 5.74) is 3.15. The van der Waals surface area contributed by atoms with Gasteiger partial charge in [-0.25, -0.2) is 4.79 Å². The summed E-state index contributed by atoms with van der Waals surface area (Å²) in [6.07, 6.45) is 0. The Morgan fingerprint density at radius 1 is 1.04 bits per heavy atom. The molecule has 23 heavy (non-hydrogen) atoms. The number of nitrogens with one attached hydrogen (secondary N) is 1. The van der Waals surface area contributed by atoms with Crippen LogP contribution in [-0.4, -0.2) is 25.6 Å². The summed E-state index contributed by atoms with van der Waals surface area (Å²) in [6, 6.07) is 12.1. The van der Waals surface area contributed by atoms with E-state index in [4.69, 9.17) is 9.47 Å². The zero-order valence-electron chi connectivity index (χ0n) is 13.4. The molecule has 5 nitrogen and oxygen atoms in total. The lowest BCUT2D eigenvalue weighted by atomic mass is 10.1. The molecule has 5 heteroatoms. The number of benzene rings is 2. The normalized spacial score (nSPS) is 10.0. The smallest absolute Gasteiger partial charge is 0.338 e. The van der Waals surface area contributed by atoms with Crippen molar-refractivity contribution in [1.82, 2.24) is 0 Å². The molecule has 0 bridgehead atoms. The fraction of sp³-hybridized carbons (Fsp3) is 0.222. The highest BCUT2D eigenvalue weighted by Gasteiger charge is 2.11. The first-order valence-electron chi connectivity index (χ1n) is 7.18. The molecule has 0 fully saturated rings. The highest BCUT2D eigenvalue weighted by Crippen LogP contribution is 2.18. The number of esters is 1. The molecule has 1 amide bonds. The Morgan fingerprint density at radius 2 is 1.74 bits per heavy atom. The van der Waals surface area contributed by atoms with Crippen molar-refractivity contribution in [2.75, 3.05) is 19.0 Å². The minimum atomic E-state index is -0.552. The molecule has 1 N–H and O–H groups in total. The lowest BCUT2D eigenvalue weighted by Crippen LogP contribution is -2.21. The maximum absolute atomic E-state index is 11.9. The zero-order valence-corrected chi connectivity index (χ0v) is 13.4. The molecular weight excluding hydrogens is 294 g/mol. The Morgan fingerprint density at radius 3 is 2.39 bits per heavy atom. The molecule has 0 heterocycles. The van der Waals surface area contributed by atoms with Crippen molar-refractivity contribution >= 4 is 17.6 Å². The number of hydrogen-bond acceptors (Lipinski definition) is 4. The number of hydrogen-bond donors (Lipinski definition) is 1. The van der Waals surface area contributed by atoms with Crippen molar-refractivity contribution in [3.63, 3.8) is 0 Å². The number of aryl methyl sites for hydroxylation is 1. The lowest BCUT2D eigenvalue weighted by molar-refractivity contribution is -0.119. The van der Waals surface area contributed by atoms with Gasteiger partial charge in [0.05, 0.1) is 12.7 Å². The van der Waals surface area contributed by atoms with Crippen molar-refractivity contribution in [3.05, 3.63) is 59.2 Å². The van der Waals surface area contributed by atoms with Crippen LogP contribution >= 0.6 is 0 Å². The van der Waals surface area contributed by atoms with E-state index in [2.05, 4.69) is 5.32 Å². The Labute approximate surface area is 135 Å². The number of rotatable bonds is 5. The van der Waals surface area contributed by atoms with E-state index in [-0.39, 0.29) is 12.5 Å². The SMILES string of the molecule is COc1ccc(C(=O)OCC(=O)Nc2cccc(C)c2C)cc1.